The summed E-state index contributed by atoms with van der Waals surface area (Å²) in [5.74, 6) is 0.308. The standard InChI is InChI=1S/C29H25ClN6O2/c1-19-25(20(2)36(35-19)23-9-4-3-5-10-23)17-31-34-29(37)28-16-27(32-33-28)21-12-14-24(15-13-21)38-18-22-8-6-7-11-26(22)30/h3-17H,18H2,1-2H3,(H,32,33)(H,34,37). The smallest absolute Gasteiger partial charge is 0.289 e. The number of rotatable bonds is 8. The molecule has 5 rings (SSSR count). The maximum atomic E-state index is 12.6. The number of aromatic nitrogens is 4. The van der Waals surface area contributed by atoms with Gasteiger partial charge in [0.25, 0.3) is 5.91 Å². The minimum atomic E-state index is -0.398. The van der Waals surface area contributed by atoms with Crippen molar-refractivity contribution in [2.75, 3.05) is 0 Å². The lowest BCUT2D eigenvalue weighted by molar-refractivity contribution is 0.0950. The Bertz CT molecular complexity index is 1590. The van der Waals surface area contributed by atoms with E-state index < -0.39 is 5.91 Å². The van der Waals surface area contributed by atoms with Gasteiger partial charge in [0, 0.05) is 21.7 Å². The van der Waals surface area contributed by atoms with Gasteiger partial charge in [0.1, 0.15) is 18.1 Å². The zero-order valence-corrected chi connectivity index (χ0v) is 21.6. The molecule has 0 unspecified atom stereocenters. The van der Waals surface area contributed by atoms with Crippen molar-refractivity contribution in [1.82, 2.24) is 25.4 Å². The van der Waals surface area contributed by atoms with Gasteiger partial charge >= 0.3 is 0 Å². The van der Waals surface area contributed by atoms with Gasteiger partial charge in [-0.1, -0.05) is 48.0 Å². The summed E-state index contributed by atoms with van der Waals surface area (Å²) < 4.78 is 7.69. The number of aromatic amines is 1. The molecule has 0 radical (unpaired) electrons. The van der Waals surface area contributed by atoms with Crippen LogP contribution >= 0.6 is 11.6 Å². The van der Waals surface area contributed by atoms with Crippen molar-refractivity contribution in [3.8, 4) is 22.7 Å². The first-order chi connectivity index (χ1) is 18.5. The maximum absolute atomic E-state index is 12.6. The van der Waals surface area contributed by atoms with E-state index in [1.54, 1.807) is 12.3 Å². The third-order valence-electron chi connectivity index (χ3n) is 6.03. The van der Waals surface area contributed by atoms with Crippen molar-refractivity contribution in [1.29, 1.82) is 0 Å². The number of hydrogen-bond donors (Lipinski definition) is 2. The van der Waals surface area contributed by atoms with E-state index in [0.29, 0.717) is 28.8 Å². The van der Waals surface area contributed by atoms with E-state index in [2.05, 4.69) is 25.8 Å². The van der Waals surface area contributed by atoms with Crippen molar-refractivity contribution in [3.63, 3.8) is 0 Å². The largest absolute Gasteiger partial charge is 0.489 e. The van der Waals surface area contributed by atoms with E-state index in [1.165, 1.54) is 0 Å². The van der Waals surface area contributed by atoms with Crippen LogP contribution in [0.2, 0.25) is 5.02 Å². The average Bonchev–Trinajstić information content (AvgIpc) is 3.54. The minimum Gasteiger partial charge on any atom is -0.489 e. The van der Waals surface area contributed by atoms with Gasteiger partial charge in [-0.15, -0.1) is 0 Å². The number of carbonyl (C=O) groups is 1. The summed E-state index contributed by atoms with van der Waals surface area (Å²) in [4.78, 5) is 12.6. The van der Waals surface area contributed by atoms with E-state index >= 15 is 0 Å². The number of benzene rings is 3. The molecule has 0 fully saturated rings. The molecule has 3 aromatic carbocycles. The van der Waals surface area contributed by atoms with Gasteiger partial charge in [-0.25, -0.2) is 10.1 Å². The van der Waals surface area contributed by atoms with E-state index in [-0.39, 0.29) is 0 Å². The molecule has 2 aromatic heterocycles. The summed E-state index contributed by atoms with van der Waals surface area (Å²) in [5.41, 5.74) is 8.78. The fraction of sp³-hybridized carbons (Fsp3) is 0.103. The molecule has 0 aliphatic rings. The number of nitrogens with one attached hydrogen (secondary N) is 2. The Kier molecular flexibility index (Phi) is 7.33. The van der Waals surface area contributed by atoms with Crippen LogP contribution in [-0.4, -0.2) is 32.1 Å². The Morgan fingerprint density at radius 2 is 1.79 bits per heavy atom. The molecule has 38 heavy (non-hydrogen) atoms. The molecule has 0 aliphatic carbocycles. The van der Waals surface area contributed by atoms with Gasteiger partial charge in [0.15, 0.2) is 0 Å². The second kappa shape index (κ2) is 11.1. The molecule has 2 N–H and O–H groups in total. The lowest BCUT2D eigenvalue weighted by Gasteiger charge is -2.08. The molecular weight excluding hydrogens is 500 g/mol. The summed E-state index contributed by atoms with van der Waals surface area (Å²) in [7, 11) is 0. The highest BCUT2D eigenvalue weighted by atomic mass is 35.5. The van der Waals surface area contributed by atoms with E-state index in [4.69, 9.17) is 16.3 Å². The van der Waals surface area contributed by atoms with Crippen LogP contribution in [0.4, 0.5) is 0 Å². The Balaban J connectivity index is 1.20. The summed E-state index contributed by atoms with van der Waals surface area (Å²) >= 11 is 6.19. The number of amides is 1. The second-order valence-electron chi connectivity index (χ2n) is 8.60. The van der Waals surface area contributed by atoms with Gasteiger partial charge in [0.05, 0.1) is 29.0 Å². The first-order valence-electron chi connectivity index (χ1n) is 12.0. The van der Waals surface area contributed by atoms with Crippen molar-refractivity contribution < 1.29 is 9.53 Å². The zero-order chi connectivity index (χ0) is 26.5. The van der Waals surface area contributed by atoms with Crippen LogP contribution in [0, 0.1) is 13.8 Å². The first kappa shape index (κ1) is 25.0. The van der Waals surface area contributed by atoms with Crippen LogP contribution in [0.15, 0.2) is 90.0 Å². The Hall–Kier alpha value is -4.69. The number of aryl methyl sites for hydroxylation is 1. The van der Waals surface area contributed by atoms with Gasteiger partial charge in [0.2, 0.25) is 0 Å². The van der Waals surface area contributed by atoms with Crippen LogP contribution in [0.1, 0.15) is 33.0 Å². The summed E-state index contributed by atoms with van der Waals surface area (Å²) in [6, 6.07) is 26.6. The van der Waals surface area contributed by atoms with Crippen molar-refractivity contribution in [2.45, 2.75) is 20.5 Å². The molecule has 1 amide bonds. The number of hydrazone groups is 1. The molecule has 0 bridgehead atoms. The molecular formula is C29H25ClN6O2. The first-order valence-corrected chi connectivity index (χ1v) is 12.3. The quantitative estimate of drug-likeness (QED) is 0.196. The SMILES string of the molecule is Cc1nn(-c2ccccc2)c(C)c1C=NNC(=O)c1cc(-c2ccc(OCc3ccccc3Cl)cc2)n[nH]1. The number of ether oxygens (including phenoxy) is 1. The van der Waals surface area contributed by atoms with Gasteiger partial charge in [-0.3, -0.25) is 9.89 Å². The van der Waals surface area contributed by atoms with Crippen LogP contribution < -0.4 is 10.2 Å². The highest BCUT2D eigenvalue weighted by Gasteiger charge is 2.13. The number of nitrogens with zero attached hydrogens (tertiary/aromatic N) is 4. The predicted molar refractivity (Wildman–Crippen MR) is 148 cm³/mol. The number of para-hydroxylation sites is 1. The van der Waals surface area contributed by atoms with Crippen molar-refractivity contribution in [3.05, 3.63) is 118 Å². The fourth-order valence-electron chi connectivity index (χ4n) is 3.96. The monoisotopic (exact) mass is 524 g/mol. The highest BCUT2D eigenvalue weighted by molar-refractivity contribution is 6.31. The number of hydrogen-bond acceptors (Lipinski definition) is 5. The number of halogens is 1. The van der Waals surface area contributed by atoms with Crippen LogP contribution in [0.25, 0.3) is 16.9 Å². The van der Waals surface area contributed by atoms with E-state index in [9.17, 15) is 4.79 Å². The molecule has 0 aliphatic heterocycles. The molecule has 0 saturated carbocycles. The average molecular weight is 525 g/mol. The topological polar surface area (TPSA) is 97.2 Å². The summed E-state index contributed by atoms with van der Waals surface area (Å²) in [6.45, 7) is 4.24. The molecule has 2 heterocycles. The molecule has 0 spiro atoms. The Labute approximate surface area is 224 Å². The molecule has 5 aromatic rings. The van der Waals surface area contributed by atoms with E-state index in [0.717, 1.165) is 33.8 Å². The third kappa shape index (κ3) is 5.50. The molecule has 0 saturated heterocycles. The van der Waals surface area contributed by atoms with Crippen molar-refractivity contribution in [2.24, 2.45) is 5.10 Å². The fourth-order valence-corrected chi connectivity index (χ4v) is 4.15. The van der Waals surface area contributed by atoms with E-state index in [1.807, 2.05) is 97.4 Å². The van der Waals surface area contributed by atoms with Gasteiger partial charge in [-0.05, 0) is 62.4 Å². The highest BCUT2D eigenvalue weighted by Crippen LogP contribution is 2.23. The third-order valence-corrected chi connectivity index (χ3v) is 6.40. The van der Waals surface area contributed by atoms with Crippen molar-refractivity contribution >= 4 is 23.7 Å². The summed E-state index contributed by atoms with van der Waals surface area (Å²) in [6.07, 6.45) is 1.60. The van der Waals surface area contributed by atoms with Crippen LogP contribution in [-0.2, 0) is 6.61 Å². The minimum absolute atomic E-state index is 0.296. The number of H-pyrrole nitrogens is 1. The molecule has 9 heteroatoms. The molecule has 8 nitrogen and oxygen atoms in total. The van der Waals surface area contributed by atoms with Gasteiger partial charge < -0.3 is 4.74 Å². The Morgan fingerprint density at radius 1 is 1.05 bits per heavy atom. The lowest BCUT2D eigenvalue weighted by Crippen LogP contribution is -2.18. The van der Waals surface area contributed by atoms with Gasteiger partial charge in [-0.2, -0.15) is 15.3 Å². The van der Waals surface area contributed by atoms with Crippen LogP contribution in [0.5, 0.6) is 5.75 Å². The normalized spacial score (nSPS) is 11.1. The lowest BCUT2D eigenvalue weighted by atomic mass is 10.1. The molecule has 0 atom stereocenters. The zero-order valence-electron chi connectivity index (χ0n) is 20.9. The molecule has 190 valence electrons. The number of carbonyl (C=O) groups excluding carboxylic acids is 1. The van der Waals surface area contributed by atoms with Crippen LogP contribution in [0.3, 0.4) is 0 Å². The second-order valence-corrected chi connectivity index (χ2v) is 9.01. The summed E-state index contributed by atoms with van der Waals surface area (Å²) in [5, 5.41) is 16.4. The predicted octanol–water partition coefficient (Wildman–Crippen LogP) is 5.88. The Morgan fingerprint density at radius 3 is 2.55 bits per heavy atom. The maximum Gasteiger partial charge on any atom is 0.289 e.